The molecule has 0 aliphatic rings. The molecule has 1 aromatic heterocycles. The van der Waals surface area contributed by atoms with E-state index in [1.54, 1.807) is 36.2 Å². The molecule has 0 radical (unpaired) electrons. The van der Waals surface area contributed by atoms with Gasteiger partial charge in [-0.05, 0) is 12.1 Å². The number of benzene rings is 1. The van der Waals surface area contributed by atoms with E-state index >= 15 is 0 Å². The van der Waals surface area contributed by atoms with Gasteiger partial charge in [-0.25, -0.2) is 9.78 Å². The van der Waals surface area contributed by atoms with Crippen LogP contribution in [0.4, 0.5) is 11.5 Å². The zero-order valence-electron chi connectivity index (χ0n) is 12.1. The number of hydrogen-bond acceptors (Lipinski definition) is 5. The molecule has 118 valence electrons. The molecule has 0 fully saturated rings. The van der Waals surface area contributed by atoms with Crippen molar-refractivity contribution in [2.45, 2.75) is 0 Å². The van der Waals surface area contributed by atoms with Crippen LogP contribution >= 0.6 is 34.8 Å². The van der Waals surface area contributed by atoms with Crippen LogP contribution in [0.2, 0.25) is 15.2 Å². The molecule has 0 aliphatic carbocycles. The van der Waals surface area contributed by atoms with E-state index in [2.05, 4.69) is 4.98 Å². The van der Waals surface area contributed by atoms with Crippen molar-refractivity contribution in [3.05, 3.63) is 50.6 Å². The highest BCUT2D eigenvalue weighted by atomic mass is 35.5. The zero-order valence-corrected chi connectivity index (χ0v) is 14.4. The van der Waals surface area contributed by atoms with Gasteiger partial charge in [-0.3, -0.25) is 0 Å². The molecule has 0 atom stereocenters. The van der Waals surface area contributed by atoms with E-state index < -0.39 is 5.97 Å². The van der Waals surface area contributed by atoms with Crippen LogP contribution in [-0.4, -0.2) is 25.1 Å². The predicted molar refractivity (Wildman–Crippen MR) is 89.8 cm³/mol. The summed E-state index contributed by atoms with van der Waals surface area (Å²) in [5.41, 5.74) is 0.828. The summed E-state index contributed by atoms with van der Waals surface area (Å²) in [6, 6.07) is 8.61. The number of halogens is 3. The van der Waals surface area contributed by atoms with E-state index in [0.29, 0.717) is 11.3 Å². The van der Waals surface area contributed by atoms with Gasteiger partial charge in [-0.15, -0.1) is 0 Å². The minimum absolute atomic E-state index is 0.00302. The maximum atomic E-state index is 11.9. The number of nitriles is 1. The minimum Gasteiger partial charge on any atom is -0.465 e. The van der Waals surface area contributed by atoms with Gasteiger partial charge in [0.1, 0.15) is 16.7 Å². The number of anilines is 2. The first kappa shape index (κ1) is 17.4. The van der Waals surface area contributed by atoms with Crippen molar-refractivity contribution in [3.63, 3.8) is 0 Å². The molecular weight excluding hydrogens is 361 g/mol. The Balaban J connectivity index is 2.62. The second-order valence-corrected chi connectivity index (χ2v) is 5.52. The lowest BCUT2D eigenvalue weighted by atomic mass is 10.1. The van der Waals surface area contributed by atoms with Crippen LogP contribution in [0.3, 0.4) is 0 Å². The van der Waals surface area contributed by atoms with Crippen LogP contribution in [0.25, 0.3) is 0 Å². The number of carbonyl (C=O) groups excluding carboxylic acids is 1. The van der Waals surface area contributed by atoms with Gasteiger partial charge in [-0.1, -0.05) is 46.9 Å². The molecular formula is C15H10Cl3N3O2. The molecule has 0 spiro atoms. The molecule has 0 unspecified atom stereocenters. The largest absolute Gasteiger partial charge is 0.465 e. The van der Waals surface area contributed by atoms with Gasteiger partial charge in [-0.2, -0.15) is 5.26 Å². The van der Waals surface area contributed by atoms with Crippen molar-refractivity contribution in [1.29, 1.82) is 5.26 Å². The first-order valence-corrected chi connectivity index (χ1v) is 7.41. The summed E-state index contributed by atoms with van der Waals surface area (Å²) in [5.74, 6) is -0.286. The van der Waals surface area contributed by atoms with Gasteiger partial charge in [0.25, 0.3) is 0 Å². The number of carbonyl (C=O) groups is 1. The Kier molecular flexibility index (Phi) is 5.32. The molecule has 1 heterocycles. The zero-order chi connectivity index (χ0) is 17.1. The molecule has 0 amide bonds. The summed E-state index contributed by atoms with van der Waals surface area (Å²) < 4.78 is 4.76. The van der Waals surface area contributed by atoms with Crippen LogP contribution in [-0.2, 0) is 4.74 Å². The topological polar surface area (TPSA) is 66.2 Å². The SMILES string of the molecule is COC(=O)c1ccccc1N(C)c1nc(Cl)c(C#N)c(Cl)c1Cl. The van der Waals surface area contributed by atoms with Gasteiger partial charge in [0.15, 0.2) is 11.0 Å². The highest BCUT2D eigenvalue weighted by molar-refractivity contribution is 6.45. The Morgan fingerprint density at radius 1 is 1.26 bits per heavy atom. The van der Waals surface area contributed by atoms with Crippen LogP contribution in [0.1, 0.15) is 15.9 Å². The third kappa shape index (κ3) is 3.20. The Labute approximate surface area is 148 Å². The third-order valence-corrected chi connectivity index (χ3v) is 4.23. The molecule has 2 aromatic rings. The van der Waals surface area contributed by atoms with Crippen molar-refractivity contribution >= 4 is 52.3 Å². The Morgan fingerprint density at radius 2 is 1.91 bits per heavy atom. The number of ether oxygens (including phenoxy) is 1. The lowest BCUT2D eigenvalue weighted by molar-refractivity contribution is 0.0601. The summed E-state index contributed by atoms with van der Waals surface area (Å²) >= 11 is 18.2. The van der Waals surface area contributed by atoms with E-state index in [1.807, 2.05) is 6.07 Å². The Hall–Kier alpha value is -2.00. The Morgan fingerprint density at radius 3 is 2.52 bits per heavy atom. The highest BCUT2D eigenvalue weighted by Gasteiger charge is 2.22. The summed E-state index contributed by atoms with van der Waals surface area (Å²) in [6.07, 6.45) is 0. The fraction of sp³-hybridized carbons (Fsp3) is 0.133. The van der Waals surface area contributed by atoms with Crippen LogP contribution < -0.4 is 4.90 Å². The number of para-hydroxylation sites is 1. The summed E-state index contributed by atoms with van der Waals surface area (Å²) in [7, 11) is 2.94. The second kappa shape index (κ2) is 7.05. The minimum atomic E-state index is -0.505. The standard InChI is InChI=1S/C15H10Cl3N3O2/c1-21(10-6-4-3-5-8(10)15(22)23-2)14-12(17)11(16)9(7-19)13(18)20-14/h3-6H,1-2H3. The van der Waals surface area contributed by atoms with E-state index in [-0.39, 0.29) is 26.6 Å². The molecule has 0 saturated carbocycles. The molecule has 0 bridgehead atoms. The molecule has 0 saturated heterocycles. The number of hydrogen-bond donors (Lipinski definition) is 0. The molecule has 1 aromatic carbocycles. The fourth-order valence-electron chi connectivity index (χ4n) is 1.98. The van der Waals surface area contributed by atoms with Gasteiger partial charge in [0, 0.05) is 7.05 Å². The number of aromatic nitrogens is 1. The van der Waals surface area contributed by atoms with E-state index in [0.717, 1.165) is 0 Å². The summed E-state index contributed by atoms with van der Waals surface area (Å²) in [5, 5.41) is 9.03. The van der Waals surface area contributed by atoms with E-state index in [1.165, 1.54) is 7.11 Å². The second-order valence-electron chi connectivity index (χ2n) is 4.41. The molecule has 23 heavy (non-hydrogen) atoms. The van der Waals surface area contributed by atoms with Crippen molar-refractivity contribution < 1.29 is 9.53 Å². The first-order valence-electron chi connectivity index (χ1n) is 6.28. The maximum absolute atomic E-state index is 11.9. The summed E-state index contributed by atoms with van der Waals surface area (Å²) in [4.78, 5) is 17.5. The number of rotatable bonds is 3. The van der Waals surface area contributed by atoms with E-state index in [4.69, 9.17) is 44.8 Å². The molecule has 8 heteroatoms. The lowest BCUT2D eigenvalue weighted by Crippen LogP contribution is -2.17. The highest BCUT2D eigenvalue weighted by Crippen LogP contribution is 2.39. The van der Waals surface area contributed by atoms with Crippen molar-refractivity contribution in [2.24, 2.45) is 0 Å². The average molecular weight is 371 g/mol. The maximum Gasteiger partial charge on any atom is 0.339 e. The van der Waals surface area contributed by atoms with Crippen molar-refractivity contribution in [1.82, 2.24) is 4.98 Å². The average Bonchev–Trinajstić information content (AvgIpc) is 2.57. The Bertz CT molecular complexity index is 818. The quantitative estimate of drug-likeness (QED) is 0.589. The van der Waals surface area contributed by atoms with E-state index in [9.17, 15) is 4.79 Å². The molecule has 0 N–H and O–H groups in total. The van der Waals surface area contributed by atoms with Gasteiger partial charge in [0.2, 0.25) is 0 Å². The smallest absolute Gasteiger partial charge is 0.339 e. The number of nitrogens with zero attached hydrogens (tertiary/aromatic N) is 3. The molecule has 0 aliphatic heterocycles. The molecule has 5 nitrogen and oxygen atoms in total. The van der Waals surface area contributed by atoms with Gasteiger partial charge < -0.3 is 9.64 Å². The van der Waals surface area contributed by atoms with Crippen LogP contribution in [0.15, 0.2) is 24.3 Å². The van der Waals surface area contributed by atoms with Crippen molar-refractivity contribution in [3.8, 4) is 6.07 Å². The van der Waals surface area contributed by atoms with Crippen LogP contribution in [0.5, 0.6) is 0 Å². The predicted octanol–water partition coefficient (Wildman–Crippen LogP) is 4.47. The van der Waals surface area contributed by atoms with Crippen molar-refractivity contribution in [2.75, 3.05) is 19.1 Å². The first-order chi connectivity index (χ1) is 10.9. The molecule has 2 rings (SSSR count). The number of esters is 1. The monoisotopic (exact) mass is 369 g/mol. The van der Waals surface area contributed by atoms with Crippen LogP contribution in [0, 0.1) is 11.3 Å². The summed E-state index contributed by atoms with van der Waals surface area (Å²) in [6.45, 7) is 0. The number of pyridine rings is 1. The number of methoxy groups -OCH3 is 1. The fourth-order valence-corrected chi connectivity index (χ4v) is 2.72. The normalized spacial score (nSPS) is 10.1. The van der Waals surface area contributed by atoms with Gasteiger partial charge >= 0.3 is 5.97 Å². The third-order valence-electron chi connectivity index (χ3n) is 3.12. The lowest BCUT2D eigenvalue weighted by Gasteiger charge is -2.22. The van der Waals surface area contributed by atoms with Gasteiger partial charge in [0.05, 0.1) is 23.4 Å².